The predicted molar refractivity (Wildman–Crippen MR) is 193 cm³/mol. The van der Waals surface area contributed by atoms with Gasteiger partial charge < -0.3 is 27.9 Å². The molecule has 1 fully saturated rings. The lowest BCUT2D eigenvalue weighted by Gasteiger charge is -2.48. The molecule has 9 heteroatoms. The molecule has 0 N–H and O–H groups in total. The van der Waals surface area contributed by atoms with E-state index in [0.717, 1.165) is 11.1 Å². The molecule has 0 saturated carbocycles. The molecular formula is C38H46BO6PSi. The lowest BCUT2D eigenvalue weighted by Crippen LogP contribution is -2.68. The molecule has 3 unspecified atom stereocenters. The maximum absolute atomic E-state index is 7.37. The van der Waals surface area contributed by atoms with Gasteiger partial charge in [0, 0.05) is 7.11 Å². The Morgan fingerprint density at radius 3 is 1.55 bits per heavy atom. The van der Waals surface area contributed by atoms with E-state index in [2.05, 4.69) is 81.4 Å². The van der Waals surface area contributed by atoms with Crippen molar-refractivity contribution in [2.45, 2.75) is 69.7 Å². The van der Waals surface area contributed by atoms with Crippen LogP contribution in [0, 0.1) is 0 Å². The molecule has 0 amide bonds. The van der Waals surface area contributed by atoms with Crippen molar-refractivity contribution < 1.29 is 27.9 Å². The van der Waals surface area contributed by atoms with Crippen molar-refractivity contribution in [1.29, 1.82) is 0 Å². The van der Waals surface area contributed by atoms with Gasteiger partial charge in [-0.1, -0.05) is 142 Å². The molecule has 1 aliphatic rings. The Morgan fingerprint density at radius 1 is 0.681 bits per heavy atom. The highest BCUT2D eigenvalue weighted by Gasteiger charge is 2.53. The molecule has 0 aromatic heterocycles. The van der Waals surface area contributed by atoms with Gasteiger partial charge in [0.1, 0.15) is 32.0 Å². The third kappa shape index (κ3) is 8.69. The van der Waals surface area contributed by atoms with Crippen LogP contribution in [-0.4, -0.2) is 67.0 Å². The van der Waals surface area contributed by atoms with Crippen LogP contribution >= 0.6 is 8.03 Å². The van der Waals surface area contributed by atoms with E-state index in [9.17, 15) is 0 Å². The van der Waals surface area contributed by atoms with Crippen molar-refractivity contribution in [3.8, 4) is 0 Å². The second kappa shape index (κ2) is 16.6. The number of methoxy groups -OCH3 is 1. The normalized spacial score (nSPS) is 22.5. The smallest absolute Gasteiger partial charge is 0.261 e. The van der Waals surface area contributed by atoms with Crippen LogP contribution in [-0.2, 0) is 41.1 Å². The van der Waals surface area contributed by atoms with Crippen LogP contribution in [0.15, 0.2) is 121 Å². The Bertz CT molecular complexity index is 1440. The molecule has 4 aromatic carbocycles. The van der Waals surface area contributed by atoms with Gasteiger partial charge in [-0.2, -0.15) is 0 Å². The Hall–Kier alpha value is -2.65. The molecule has 4 aromatic rings. The minimum Gasteiger partial charge on any atom is -0.405 e. The van der Waals surface area contributed by atoms with E-state index in [0.29, 0.717) is 13.2 Å². The zero-order chi connectivity index (χ0) is 33.3. The molecule has 0 aliphatic carbocycles. The minimum atomic E-state index is -2.88. The average Bonchev–Trinajstić information content (AvgIpc) is 3.08. The van der Waals surface area contributed by atoms with Crippen LogP contribution in [0.2, 0.25) is 5.04 Å². The van der Waals surface area contributed by atoms with Crippen molar-refractivity contribution in [2.75, 3.05) is 20.4 Å². The lowest BCUT2D eigenvalue weighted by atomic mass is 9.98. The molecule has 5 rings (SSSR count). The van der Waals surface area contributed by atoms with Gasteiger partial charge in [-0.25, -0.2) is 0 Å². The first kappa shape index (κ1) is 35.7. The summed E-state index contributed by atoms with van der Waals surface area (Å²) in [5, 5.41) is 2.17. The molecule has 0 bridgehead atoms. The molecule has 6 atom stereocenters. The Balaban J connectivity index is 1.54. The highest BCUT2D eigenvalue weighted by atomic mass is 31.1. The van der Waals surface area contributed by atoms with E-state index in [-0.39, 0.29) is 11.6 Å². The first-order valence-corrected chi connectivity index (χ1v) is 19.8. The Labute approximate surface area is 284 Å². The lowest BCUT2D eigenvalue weighted by molar-refractivity contribution is -0.304. The highest BCUT2D eigenvalue weighted by Crippen LogP contribution is 2.40. The third-order valence-electron chi connectivity index (χ3n) is 8.56. The molecule has 47 heavy (non-hydrogen) atoms. The fourth-order valence-electron chi connectivity index (χ4n) is 6.40. The summed E-state index contributed by atoms with van der Waals surface area (Å²) in [6.45, 7) is 9.64. The highest BCUT2D eigenvalue weighted by molar-refractivity contribution is 7.77. The van der Waals surface area contributed by atoms with Crippen LogP contribution in [0.5, 0.6) is 0 Å². The van der Waals surface area contributed by atoms with Crippen LogP contribution in [0.1, 0.15) is 31.9 Å². The van der Waals surface area contributed by atoms with Gasteiger partial charge in [-0.3, -0.25) is 0 Å². The molecular weight excluding hydrogens is 622 g/mol. The standard InChI is InChI=1S/C38H46BO6PSi/c1-38(2,3)47(31-22-14-8-15-23-31,32-24-16-9-17-25-32)43-28-33-34(41-26-29-18-10-6-11-19-29)35(42-27-30-20-12-7-13-21-30)36(45-46(5)39)37(40-4)44-33/h6-25,33-37H,26-28H2,1-5H3/t33?,34-,35-,36?,37-,46?/m1/s1. The topological polar surface area (TPSA) is 55.4 Å². The van der Waals surface area contributed by atoms with Crippen LogP contribution < -0.4 is 10.4 Å². The summed E-state index contributed by atoms with van der Waals surface area (Å²) in [7, 11) is 3.74. The number of ether oxygens (including phenoxy) is 4. The van der Waals surface area contributed by atoms with Gasteiger partial charge in [0.25, 0.3) is 8.32 Å². The number of rotatable bonds is 14. The van der Waals surface area contributed by atoms with Gasteiger partial charge in [-0.15, -0.1) is 0 Å². The molecule has 1 aliphatic heterocycles. The van der Waals surface area contributed by atoms with Gasteiger partial charge in [0.15, 0.2) is 6.29 Å². The van der Waals surface area contributed by atoms with E-state index >= 15 is 0 Å². The summed E-state index contributed by atoms with van der Waals surface area (Å²) < 4.78 is 39.8. The van der Waals surface area contributed by atoms with E-state index in [1.807, 2.05) is 67.3 Å². The van der Waals surface area contributed by atoms with Crippen molar-refractivity contribution >= 4 is 34.3 Å². The van der Waals surface area contributed by atoms with Crippen molar-refractivity contribution in [3.63, 3.8) is 0 Å². The fourth-order valence-corrected chi connectivity index (χ4v) is 11.6. The summed E-state index contributed by atoms with van der Waals surface area (Å²) in [4.78, 5) is 0. The maximum Gasteiger partial charge on any atom is 0.261 e. The second-order valence-corrected chi connectivity index (χ2v) is 18.5. The monoisotopic (exact) mass is 668 g/mol. The van der Waals surface area contributed by atoms with Crippen LogP contribution in [0.3, 0.4) is 0 Å². The number of hydrogen-bond acceptors (Lipinski definition) is 6. The van der Waals surface area contributed by atoms with E-state index in [4.69, 9.17) is 35.5 Å². The molecule has 1 saturated heterocycles. The minimum absolute atomic E-state index is 0.210. The van der Waals surface area contributed by atoms with E-state index < -0.39 is 47.1 Å². The maximum atomic E-state index is 7.37. The number of hydrogen-bond donors (Lipinski definition) is 0. The van der Waals surface area contributed by atoms with Gasteiger partial charge in [-0.05, 0) is 41.2 Å². The second-order valence-electron chi connectivity index (χ2n) is 12.9. The van der Waals surface area contributed by atoms with Gasteiger partial charge >= 0.3 is 0 Å². The summed E-state index contributed by atoms with van der Waals surface area (Å²) >= 11 is 0. The zero-order valence-corrected chi connectivity index (χ0v) is 29.9. The Kier molecular flexibility index (Phi) is 12.6. The average molecular weight is 669 g/mol. The zero-order valence-electron chi connectivity index (χ0n) is 28.0. The Morgan fingerprint density at radius 2 is 1.13 bits per heavy atom. The summed E-state index contributed by atoms with van der Waals surface area (Å²) in [5.41, 5.74) is 2.09. The first-order chi connectivity index (χ1) is 22.7. The molecule has 6 nitrogen and oxygen atoms in total. The van der Waals surface area contributed by atoms with Gasteiger partial charge in [0.2, 0.25) is 0 Å². The van der Waals surface area contributed by atoms with Crippen LogP contribution in [0.4, 0.5) is 0 Å². The summed E-state index contributed by atoms with van der Waals surface area (Å²) in [6.07, 6.45) is -3.00. The van der Waals surface area contributed by atoms with Crippen molar-refractivity contribution in [3.05, 3.63) is 132 Å². The fraction of sp³-hybridized carbons (Fsp3) is 0.368. The largest absolute Gasteiger partial charge is 0.405 e. The summed E-state index contributed by atoms with van der Waals surface area (Å²) in [5.74, 6) is 0. The summed E-state index contributed by atoms with van der Waals surface area (Å²) in [6, 6.07) is 41.4. The quantitative estimate of drug-likeness (QED) is 0.112. The SMILES string of the molecule is [B]P(C)OC1[C@H](OC)OC(CO[Si](c2ccccc2)(c2ccccc2)C(C)(C)C)[C@@H](OCc2ccccc2)[C@H]1OCc1ccccc1. The molecule has 246 valence electrons. The van der Waals surface area contributed by atoms with E-state index in [1.54, 1.807) is 7.11 Å². The molecule has 2 radical (unpaired) electrons. The molecule has 1 heterocycles. The van der Waals surface area contributed by atoms with Crippen LogP contribution in [0.25, 0.3) is 0 Å². The first-order valence-electron chi connectivity index (χ1n) is 16.1. The van der Waals surface area contributed by atoms with Crippen molar-refractivity contribution in [1.82, 2.24) is 0 Å². The van der Waals surface area contributed by atoms with Gasteiger partial charge in [0.05, 0.1) is 19.8 Å². The predicted octanol–water partition coefficient (Wildman–Crippen LogP) is 6.60. The molecule has 0 spiro atoms. The number of benzene rings is 4. The third-order valence-corrected chi connectivity index (χ3v) is 14.1. The van der Waals surface area contributed by atoms with Crippen molar-refractivity contribution in [2.24, 2.45) is 0 Å². The van der Waals surface area contributed by atoms with E-state index in [1.165, 1.54) is 10.4 Å².